The van der Waals surface area contributed by atoms with Crippen LogP contribution < -0.4 is 10.1 Å². The topological polar surface area (TPSA) is 111 Å². The van der Waals surface area contributed by atoms with Crippen LogP contribution in [0.3, 0.4) is 0 Å². The lowest BCUT2D eigenvalue weighted by Gasteiger charge is -2.14. The molecule has 1 aromatic heterocycles. The van der Waals surface area contributed by atoms with Gasteiger partial charge in [-0.15, -0.1) is 0 Å². The Labute approximate surface area is 218 Å². The molecule has 8 heteroatoms. The van der Waals surface area contributed by atoms with Gasteiger partial charge in [-0.3, -0.25) is 9.59 Å². The SMILES string of the molecule is Cc1oc(CCc2ccccc2)nc1CCOc1ccc(CCC(=O)O)c(CNCC(=O)OC(C)C)c1. The molecule has 0 aliphatic rings. The molecule has 3 aromatic rings. The number of ether oxygens (including phenoxy) is 2. The van der Waals surface area contributed by atoms with E-state index in [4.69, 9.17) is 19.0 Å². The zero-order valence-electron chi connectivity index (χ0n) is 21.8. The van der Waals surface area contributed by atoms with E-state index < -0.39 is 5.97 Å². The average Bonchev–Trinajstić information content (AvgIpc) is 3.21. The quantitative estimate of drug-likeness (QED) is 0.290. The molecule has 0 atom stereocenters. The van der Waals surface area contributed by atoms with Crippen LogP contribution in [0.5, 0.6) is 5.75 Å². The fraction of sp³-hybridized carbons (Fsp3) is 0.414. The number of aryl methyl sites for hydroxylation is 4. The third-order valence-electron chi connectivity index (χ3n) is 5.75. The maximum atomic E-state index is 11.8. The summed E-state index contributed by atoms with van der Waals surface area (Å²) in [6, 6.07) is 15.9. The van der Waals surface area contributed by atoms with Crippen LogP contribution >= 0.6 is 0 Å². The molecular formula is C29H36N2O6. The van der Waals surface area contributed by atoms with Gasteiger partial charge in [-0.1, -0.05) is 36.4 Å². The fourth-order valence-corrected chi connectivity index (χ4v) is 3.93. The molecule has 0 spiro atoms. The zero-order chi connectivity index (χ0) is 26.6. The second-order valence-corrected chi connectivity index (χ2v) is 9.16. The van der Waals surface area contributed by atoms with Crippen molar-refractivity contribution in [2.75, 3.05) is 13.2 Å². The number of benzene rings is 2. The van der Waals surface area contributed by atoms with Crippen LogP contribution in [0.15, 0.2) is 52.9 Å². The van der Waals surface area contributed by atoms with Crippen molar-refractivity contribution in [3.8, 4) is 5.75 Å². The summed E-state index contributed by atoms with van der Waals surface area (Å²) in [4.78, 5) is 27.5. The smallest absolute Gasteiger partial charge is 0.320 e. The summed E-state index contributed by atoms with van der Waals surface area (Å²) in [5.41, 5.74) is 3.91. The highest BCUT2D eigenvalue weighted by Crippen LogP contribution is 2.21. The second kappa shape index (κ2) is 14.2. The standard InChI is InChI=1S/C29H36N2O6/c1-20(2)36-29(34)19-30-18-24-17-25(12-10-23(24)11-14-28(32)33)35-16-15-26-21(3)37-27(31-26)13-9-22-7-5-4-6-8-22/h4-8,10,12,17,20,30H,9,11,13-16,18-19H2,1-3H3,(H,32,33). The predicted molar refractivity (Wildman–Crippen MR) is 140 cm³/mol. The summed E-state index contributed by atoms with van der Waals surface area (Å²) in [5.74, 6) is 1.01. The van der Waals surface area contributed by atoms with Crippen molar-refractivity contribution >= 4 is 11.9 Å². The van der Waals surface area contributed by atoms with Crippen molar-refractivity contribution in [2.24, 2.45) is 0 Å². The normalized spacial score (nSPS) is 11.0. The van der Waals surface area contributed by atoms with Crippen molar-refractivity contribution in [3.63, 3.8) is 0 Å². The van der Waals surface area contributed by atoms with E-state index in [2.05, 4.69) is 22.4 Å². The number of nitrogens with zero attached hydrogens (tertiary/aromatic N) is 1. The Morgan fingerprint density at radius 3 is 2.54 bits per heavy atom. The van der Waals surface area contributed by atoms with Crippen LogP contribution in [0.1, 0.15) is 54.3 Å². The summed E-state index contributed by atoms with van der Waals surface area (Å²) in [6.45, 7) is 6.41. The minimum Gasteiger partial charge on any atom is -0.493 e. The van der Waals surface area contributed by atoms with Gasteiger partial charge in [0.2, 0.25) is 0 Å². The first kappa shape index (κ1) is 27.9. The molecule has 0 bridgehead atoms. The van der Waals surface area contributed by atoms with Crippen LogP contribution in [0.2, 0.25) is 0 Å². The van der Waals surface area contributed by atoms with Crippen LogP contribution in [0, 0.1) is 6.92 Å². The first-order chi connectivity index (χ1) is 17.8. The summed E-state index contributed by atoms with van der Waals surface area (Å²) in [6.07, 6.45) is 2.47. The Balaban J connectivity index is 1.55. The van der Waals surface area contributed by atoms with Gasteiger partial charge < -0.3 is 24.3 Å². The number of nitrogens with one attached hydrogen (secondary N) is 1. The summed E-state index contributed by atoms with van der Waals surface area (Å²) in [7, 11) is 0. The summed E-state index contributed by atoms with van der Waals surface area (Å²) in [5, 5.41) is 12.2. The van der Waals surface area contributed by atoms with E-state index in [-0.39, 0.29) is 25.0 Å². The van der Waals surface area contributed by atoms with E-state index in [1.165, 1.54) is 5.56 Å². The number of hydrogen-bond acceptors (Lipinski definition) is 7. The molecule has 198 valence electrons. The zero-order valence-corrected chi connectivity index (χ0v) is 21.8. The Morgan fingerprint density at radius 2 is 1.81 bits per heavy atom. The van der Waals surface area contributed by atoms with Crippen molar-refractivity contribution in [3.05, 3.63) is 82.6 Å². The first-order valence-corrected chi connectivity index (χ1v) is 12.7. The summed E-state index contributed by atoms with van der Waals surface area (Å²) >= 11 is 0. The Hall–Kier alpha value is -3.65. The largest absolute Gasteiger partial charge is 0.493 e. The summed E-state index contributed by atoms with van der Waals surface area (Å²) < 4.78 is 17.0. The van der Waals surface area contributed by atoms with Crippen molar-refractivity contribution in [1.82, 2.24) is 10.3 Å². The number of hydrogen-bond donors (Lipinski definition) is 2. The van der Waals surface area contributed by atoms with Crippen LogP contribution in [0.25, 0.3) is 0 Å². The average molecular weight is 509 g/mol. The fourth-order valence-electron chi connectivity index (χ4n) is 3.93. The van der Waals surface area contributed by atoms with E-state index in [1.54, 1.807) is 13.8 Å². The van der Waals surface area contributed by atoms with Gasteiger partial charge in [0.1, 0.15) is 11.5 Å². The lowest BCUT2D eigenvalue weighted by atomic mass is 10.0. The van der Waals surface area contributed by atoms with Gasteiger partial charge in [0.15, 0.2) is 5.89 Å². The molecule has 8 nitrogen and oxygen atoms in total. The molecule has 0 radical (unpaired) electrons. The van der Waals surface area contributed by atoms with Gasteiger partial charge in [0.05, 0.1) is 24.9 Å². The number of carboxylic acid groups (broad SMARTS) is 1. The number of aliphatic carboxylic acids is 1. The maximum Gasteiger partial charge on any atom is 0.320 e. The number of rotatable bonds is 15. The van der Waals surface area contributed by atoms with E-state index >= 15 is 0 Å². The van der Waals surface area contributed by atoms with E-state index in [9.17, 15) is 9.59 Å². The highest BCUT2D eigenvalue weighted by molar-refractivity contribution is 5.71. The molecule has 2 aromatic carbocycles. The molecule has 0 amide bonds. The molecular weight excluding hydrogens is 472 g/mol. The van der Waals surface area contributed by atoms with Gasteiger partial charge in [0, 0.05) is 25.8 Å². The molecule has 0 aliphatic carbocycles. The van der Waals surface area contributed by atoms with Gasteiger partial charge in [-0.25, -0.2) is 4.98 Å². The number of carboxylic acids is 1. The Kier molecular flexibility index (Phi) is 10.7. The molecule has 37 heavy (non-hydrogen) atoms. The monoisotopic (exact) mass is 508 g/mol. The van der Waals surface area contributed by atoms with E-state index in [0.717, 1.165) is 41.3 Å². The molecule has 3 rings (SSSR count). The Bertz CT molecular complexity index is 1160. The minimum atomic E-state index is -0.856. The number of esters is 1. The lowest BCUT2D eigenvalue weighted by molar-refractivity contribution is -0.146. The van der Waals surface area contributed by atoms with E-state index in [1.807, 2.05) is 43.3 Å². The van der Waals surface area contributed by atoms with Crippen molar-refractivity contribution in [2.45, 2.75) is 65.5 Å². The number of oxazole rings is 1. The molecule has 0 fully saturated rings. The molecule has 1 heterocycles. The van der Waals surface area contributed by atoms with E-state index in [0.29, 0.717) is 31.7 Å². The van der Waals surface area contributed by atoms with Gasteiger partial charge in [0.25, 0.3) is 0 Å². The molecule has 0 saturated heterocycles. The number of carbonyl (C=O) groups is 2. The van der Waals surface area contributed by atoms with Crippen LogP contribution in [-0.4, -0.2) is 41.3 Å². The minimum absolute atomic E-state index is 0.0284. The highest BCUT2D eigenvalue weighted by Gasteiger charge is 2.12. The second-order valence-electron chi connectivity index (χ2n) is 9.16. The van der Waals surface area contributed by atoms with Crippen molar-refractivity contribution in [1.29, 1.82) is 0 Å². The third kappa shape index (κ3) is 9.73. The molecule has 0 unspecified atom stereocenters. The number of carbonyl (C=O) groups excluding carboxylic acids is 1. The van der Waals surface area contributed by atoms with Crippen LogP contribution in [-0.2, 0) is 46.6 Å². The third-order valence-corrected chi connectivity index (χ3v) is 5.75. The number of aromatic nitrogens is 1. The van der Waals surface area contributed by atoms with Gasteiger partial charge in [-0.05, 0) is 62.4 Å². The van der Waals surface area contributed by atoms with Crippen molar-refractivity contribution < 1.29 is 28.6 Å². The van der Waals surface area contributed by atoms with Crippen LogP contribution in [0.4, 0.5) is 0 Å². The Morgan fingerprint density at radius 1 is 1.03 bits per heavy atom. The highest BCUT2D eigenvalue weighted by atomic mass is 16.5. The van der Waals surface area contributed by atoms with Gasteiger partial charge in [-0.2, -0.15) is 0 Å². The van der Waals surface area contributed by atoms with Gasteiger partial charge >= 0.3 is 11.9 Å². The molecule has 0 saturated carbocycles. The lowest BCUT2D eigenvalue weighted by Crippen LogP contribution is -2.26. The maximum absolute atomic E-state index is 11.8. The molecule has 2 N–H and O–H groups in total. The molecule has 0 aliphatic heterocycles. The predicted octanol–water partition coefficient (Wildman–Crippen LogP) is 4.45. The first-order valence-electron chi connectivity index (χ1n) is 12.7.